The van der Waals surface area contributed by atoms with E-state index in [1.807, 2.05) is 23.9 Å². The van der Waals surface area contributed by atoms with Gasteiger partial charge >= 0.3 is 0 Å². The van der Waals surface area contributed by atoms with E-state index < -0.39 is 0 Å². The highest BCUT2D eigenvalue weighted by Gasteiger charge is 2.31. The van der Waals surface area contributed by atoms with Crippen molar-refractivity contribution in [1.29, 1.82) is 0 Å². The Bertz CT molecular complexity index is 767. The first-order chi connectivity index (χ1) is 12.7. The molecule has 2 aromatic heterocycles. The Hall–Kier alpha value is -2.21. The summed E-state index contributed by atoms with van der Waals surface area (Å²) < 4.78 is 7.36. The van der Waals surface area contributed by atoms with Crippen molar-refractivity contribution in [1.82, 2.24) is 19.4 Å². The molecule has 2 aliphatic rings. The maximum atomic E-state index is 12.7. The summed E-state index contributed by atoms with van der Waals surface area (Å²) in [5.41, 5.74) is 3.07. The molecule has 0 bridgehead atoms. The van der Waals surface area contributed by atoms with Gasteiger partial charge in [0.2, 0.25) is 5.91 Å². The number of aromatic nitrogens is 3. The zero-order valence-corrected chi connectivity index (χ0v) is 15.3. The molecule has 138 valence electrons. The summed E-state index contributed by atoms with van der Waals surface area (Å²) in [6.45, 7) is 3.17. The maximum Gasteiger partial charge on any atom is 0.225 e. The fraction of sp³-hybridized carbons (Fsp3) is 0.550. The molecule has 4 heterocycles. The van der Waals surface area contributed by atoms with Crippen molar-refractivity contribution in [3.63, 3.8) is 0 Å². The summed E-state index contributed by atoms with van der Waals surface area (Å²) in [6, 6.07) is 6.17. The minimum Gasteiger partial charge on any atom is -0.381 e. The molecule has 0 unspecified atom stereocenters. The molecular weight excluding hydrogens is 328 g/mol. The van der Waals surface area contributed by atoms with E-state index in [1.54, 1.807) is 6.33 Å². The lowest BCUT2D eigenvalue weighted by Gasteiger charge is -2.26. The molecule has 0 spiro atoms. The Labute approximate surface area is 154 Å². The van der Waals surface area contributed by atoms with Crippen LogP contribution in [-0.4, -0.2) is 51.6 Å². The van der Waals surface area contributed by atoms with Crippen LogP contribution in [0.15, 0.2) is 30.7 Å². The highest BCUT2D eigenvalue weighted by Crippen LogP contribution is 2.25. The number of hydrogen-bond donors (Lipinski definition) is 0. The van der Waals surface area contributed by atoms with Crippen molar-refractivity contribution in [2.45, 2.75) is 25.7 Å². The number of aryl methyl sites for hydroxylation is 1. The van der Waals surface area contributed by atoms with Crippen LogP contribution < -0.4 is 0 Å². The molecule has 6 nitrogen and oxygen atoms in total. The first-order valence-electron chi connectivity index (χ1n) is 9.50. The van der Waals surface area contributed by atoms with Gasteiger partial charge in [-0.25, -0.2) is 4.98 Å². The van der Waals surface area contributed by atoms with E-state index in [1.165, 1.54) is 0 Å². The van der Waals surface area contributed by atoms with Crippen LogP contribution in [-0.2, 0) is 23.0 Å². The topological polar surface area (TPSA) is 60.2 Å². The molecule has 2 fully saturated rings. The lowest BCUT2D eigenvalue weighted by Crippen LogP contribution is -2.37. The Morgan fingerprint density at radius 3 is 2.88 bits per heavy atom. The number of carbonyl (C=O) groups excluding carboxylic acids is 1. The van der Waals surface area contributed by atoms with Gasteiger partial charge in [-0.15, -0.1) is 0 Å². The maximum absolute atomic E-state index is 12.7. The van der Waals surface area contributed by atoms with Crippen LogP contribution in [0, 0.1) is 11.8 Å². The largest absolute Gasteiger partial charge is 0.381 e. The number of amides is 1. The van der Waals surface area contributed by atoms with Gasteiger partial charge < -0.3 is 14.2 Å². The monoisotopic (exact) mass is 354 g/mol. The standard InChI is InChI=1S/C20H26N4O2/c1-23-14-21-12-19(23)18-4-2-3-17(22-18)11-15-5-8-24(13-15)20(25)16-6-9-26-10-7-16/h2-4,12,14-16H,5-11,13H2,1H3/t15-/m1/s1. The third kappa shape index (κ3) is 3.65. The number of likely N-dealkylation sites (tertiary alicyclic amines) is 1. The second kappa shape index (κ2) is 7.58. The number of nitrogens with zero attached hydrogens (tertiary/aromatic N) is 4. The quantitative estimate of drug-likeness (QED) is 0.845. The van der Waals surface area contributed by atoms with Crippen molar-refractivity contribution in [2.24, 2.45) is 18.9 Å². The van der Waals surface area contributed by atoms with Gasteiger partial charge in [0.05, 0.1) is 23.9 Å². The summed E-state index contributed by atoms with van der Waals surface area (Å²) in [4.78, 5) is 23.7. The number of ether oxygens (including phenoxy) is 1. The molecule has 0 aromatic carbocycles. The number of imidazole rings is 1. The van der Waals surface area contributed by atoms with Gasteiger partial charge in [-0.1, -0.05) is 6.07 Å². The zero-order valence-electron chi connectivity index (χ0n) is 15.3. The summed E-state index contributed by atoms with van der Waals surface area (Å²) in [5, 5.41) is 0. The molecule has 2 aliphatic heterocycles. The summed E-state index contributed by atoms with van der Waals surface area (Å²) in [5.74, 6) is 0.981. The first-order valence-corrected chi connectivity index (χ1v) is 9.50. The van der Waals surface area contributed by atoms with E-state index in [2.05, 4.69) is 22.0 Å². The van der Waals surface area contributed by atoms with Crippen LogP contribution >= 0.6 is 0 Å². The Morgan fingerprint density at radius 2 is 2.12 bits per heavy atom. The minimum atomic E-state index is 0.161. The van der Waals surface area contributed by atoms with Crippen molar-refractivity contribution >= 4 is 5.91 Å². The first kappa shape index (κ1) is 17.2. The molecule has 0 N–H and O–H groups in total. The SMILES string of the molecule is Cn1cncc1-c1cccc(C[C@H]2CCN(C(=O)C3CCOCC3)C2)n1. The molecule has 0 saturated carbocycles. The summed E-state index contributed by atoms with van der Waals surface area (Å²) in [6.07, 6.45) is 7.36. The van der Waals surface area contributed by atoms with Crippen LogP contribution in [0.25, 0.3) is 11.4 Å². The highest BCUT2D eigenvalue weighted by atomic mass is 16.5. The Balaban J connectivity index is 1.38. The number of hydrogen-bond acceptors (Lipinski definition) is 4. The fourth-order valence-corrected chi connectivity index (χ4v) is 4.04. The second-order valence-corrected chi connectivity index (χ2v) is 7.43. The predicted octanol–water partition coefficient (Wildman–Crippen LogP) is 2.30. The number of rotatable bonds is 4. The van der Waals surface area contributed by atoms with Crippen molar-refractivity contribution in [3.05, 3.63) is 36.4 Å². The van der Waals surface area contributed by atoms with Gasteiger partial charge in [0, 0.05) is 45.0 Å². The van der Waals surface area contributed by atoms with Crippen molar-refractivity contribution in [3.8, 4) is 11.4 Å². The Kier molecular flexibility index (Phi) is 5.02. The third-order valence-corrected chi connectivity index (χ3v) is 5.55. The van der Waals surface area contributed by atoms with Crippen molar-refractivity contribution in [2.75, 3.05) is 26.3 Å². The van der Waals surface area contributed by atoms with Crippen LogP contribution in [0.2, 0.25) is 0 Å². The predicted molar refractivity (Wildman–Crippen MR) is 98.4 cm³/mol. The average molecular weight is 354 g/mol. The van der Waals surface area contributed by atoms with E-state index in [0.717, 1.165) is 69.1 Å². The molecule has 0 radical (unpaired) electrons. The van der Waals surface area contributed by atoms with E-state index >= 15 is 0 Å². The normalized spacial score (nSPS) is 21.3. The smallest absolute Gasteiger partial charge is 0.225 e. The van der Waals surface area contributed by atoms with E-state index in [9.17, 15) is 4.79 Å². The molecule has 2 aromatic rings. The number of pyridine rings is 1. The molecule has 4 rings (SSSR count). The zero-order chi connectivity index (χ0) is 17.9. The Morgan fingerprint density at radius 1 is 1.27 bits per heavy atom. The van der Waals surface area contributed by atoms with Gasteiger partial charge in [-0.3, -0.25) is 9.78 Å². The van der Waals surface area contributed by atoms with Gasteiger partial charge in [0.15, 0.2) is 0 Å². The lowest BCUT2D eigenvalue weighted by molar-refractivity contribution is -0.137. The van der Waals surface area contributed by atoms with Gasteiger partial charge in [-0.2, -0.15) is 0 Å². The second-order valence-electron chi connectivity index (χ2n) is 7.43. The molecule has 1 atom stereocenters. The number of carbonyl (C=O) groups is 1. The average Bonchev–Trinajstić information content (AvgIpc) is 3.31. The van der Waals surface area contributed by atoms with Crippen LogP contribution in [0.5, 0.6) is 0 Å². The van der Waals surface area contributed by atoms with E-state index in [0.29, 0.717) is 11.8 Å². The lowest BCUT2D eigenvalue weighted by atomic mass is 9.98. The van der Waals surface area contributed by atoms with Crippen LogP contribution in [0.1, 0.15) is 25.0 Å². The van der Waals surface area contributed by atoms with Gasteiger partial charge in [-0.05, 0) is 43.7 Å². The molecular formula is C20H26N4O2. The molecule has 6 heteroatoms. The summed E-state index contributed by atoms with van der Waals surface area (Å²) >= 11 is 0. The third-order valence-electron chi connectivity index (χ3n) is 5.55. The van der Waals surface area contributed by atoms with Gasteiger partial charge in [0.1, 0.15) is 0 Å². The van der Waals surface area contributed by atoms with E-state index in [4.69, 9.17) is 9.72 Å². The molecule has 2 saturated heterocycles. The van der Waals surface area contributed by atoms with Crippen LogP contribution in [0.4, 0.5) is 0 Å². The van der Waals surface area contributed by atoms with Crippen LogP contribution in [0.3, 0.4) is 0 Å². The summed E-state index contributed by atoms with van der Waals surface area (Å²) in [7, 11) is 1.98. The minimum absolute atomic E-state index is 0.161. The molecule has 1 amide bonds. The van der Waals surface area contributed by atoms with Gasteiger partial charge in [0.25, 0.3) is 0 Å². The fourth-order valence-electron chi connectivity index (χ4n) is 4.04. The highest BCUT2D eigenvalue weighted by molar-refractivity contribution is 5.79. The molecule has 0 aliphatic carbocycles. The molecule has 26 heavy (non-hydrogen) atoms. The van der Waals surface area contributed by atoms with Crippen molar-refractivity contribution < 1.29 is 9.53 Å². The van der Waals surface area contributed by atoms with E-state index in [-0.39, 0.29) is 5.92 Å².